The van der Waals surface area contributed by atoms with Crippen LogP contribution in [-0.2, 0) is 18.9 Å². The summed E-state index contributed by atoms with van der Waals surface area (Å²) in [6.07, 6.45) is 0.104. The number of hydrogen-bond donors (Lipinski definition) is 0. The first kappa shape index (κ1) is 11.0. The Morgan fingerprint density at radius 1 is 1.38 bits per heavy atom. The summed E-state index contributed by atoms with van der Waals surface area (Å²) < 4.78 is 21.1. The number of methoxy groups -OCH3 is 2. The third kappa shape index (κ3) is 2.95. The van der Waals surface area contributed by atoms with Gasteiger partial charge in [0.25, 0.3) is 0 Å². The standard InChI is InChI=1S/C8H17BO4/c1-10-3-4-12-7-6(11-2)5-13-8(7)9/h6-8H,3-5,9H2,1-2H3/t6-,7-,8+/m0/s1. The fourth-order valence-corrected chi connectivity index (χ4v) is 1.45. The first-order valence-electron chi connectivity index (χ1n) is 4.54. The largest absolute Gasteiger partial charge is 0.382 e. The van der Waals surface area contributed by atoms with Crippen molar-refractivity contribution in [2.24, 2.45) is 0 Å². The van der Waals surface area contributed by atoms with Gasteiger partial charge >= 0.3 is 0 Å². The fourth-order valence-electron chi connectivity index (χ4n) is 1.45. The Balaban J connectivity index is 2.27. The molecule has 1 heterocycles. The summed E-state index contributed by atoms with van der Waals surface area (Å²) in [4.78, 5) is 0. The van der Waals surface area contributed by atoms with Crippen LogP contribution in [0.25, 0.3) is 0 Å². The van der Waals surface area contributed by atoms with Gasteiger partial charge in [0, 0.05) is 14.2 Å². The van der Waals surface area contributed by atoms with Crippen LogP contribution in [0.3, 0.4) is 0 Å². The SMILES string of the molecule is B[C@@H]1OC[C@H](OC)[C@@H]1OCCOC. The lowest BCUT2D eigenvalue weighted by Gasteiger charge is -2.19. The summed E-state index contributed by atoms with van der Waals surface area (Å²) in [7, 11) is 5.33. The maximum atomic E-state index is 5.58. The molecule has 0 bridgehead atoms. The van der Waals surface area contributed by atoms with Crippen molar-refractivity contribution in [1.29, 1.82) is 0 Å². The molecule has 0 radical (unpaired) electrons. The van der Waals surface area contributed by atoms with Crippen LogP contribution in [0.5, 0.6) is 0 Å². The minimum atomic E-state index is 0.0418. The van der Waals surface area contributed by atoms with Crippen molar-refractivity contribution in [3.8, 4) is 0 Å². The lowest BCUT2D eigenvalue weighted by molar-refractivity contribution is -0.0481. The Morgan fingerprint density at radius 2 is 2.15 bits per heavy atom. The fraction of sp³-hybridized carbons (Fsp3) is 1.00. The molecule has 0 aliphatic carbocycles. The minimum Gasteiger partial charge on any atom is -0.382 e. The third-order valence-electron chi connectivity index (χ3n) is 2.25. The Labute approximate surface area is 79.9 Å². The molecule has 76 valence electrons. The van der Waals surface area contributed by atoms with Crippen LogP contribution in [-0.4, -0.2) is 60.1 Å². The van der Waals surface area contributed by atoms with E-state index >= 15 is 0 Å². The molecule has 0 N–H and O–H groups in total. The molecule has 1 saturated heterocycles. The van der Waals surface area contributed by atoms with Crippen molar-refractivity contribution < 1.29 is 18.9 Å². The molecule has 1 fully saturated rings. The van der Waals surface area contributed by atoms with Crippen molar-refractivity contribution in [2.45, 2.75) is 18.2 Å². The monoisotopic (exact) mass is 188 g/mol. The smallest absolute Gasteiger partial charge is 0.142 e. The van der Waals surface area contributed by atoms with Gasteiger partial charge < -0.3 is 18.9 Å². The van der Waals surface area contributed by atoms with E-state index in [1.807, 2.05) is 7.85 Å². The Bertz CT molecular complexity index is 144. The molecular formula is C8H17BO4. The van der Waals surface area contributed by atoms with Gasteiger partial charge in [0.1, 0.15) is 20.1 Å². The molecule has 0 spiro atoms. The highest BCUT2D eigenvalue weighted by Crippen LogP contribution is 2.17. The second-order valence-corrected chi connectivity index (χ2v) is 3.14. The highest BCUT2D eigenvalue weighted by Gasteiger charge is 2.34. The van der Waals surface area contributed by atoms with E-state index in [1.165, 1.54) is 0 Å². The van der Waals surface area contributed by atoms with Crippen LogP contribution in [0.2, 0.25) is 0 Å². The Kier molecular flexibility index (Phi) is 4.73. The molecule has 0 saturated carbocycles. The number of rotatable bonds is 5. The lowest BCUT2D eigenvalue weighted by Crippen LogP contribution is -2.35. The molecule has 1 aliphatic rings. The van der Waals surface area contributed by atoms with Crippen LogP contribution in [0.15, 0.2) is 0 Å². The molecule has 0 aromatic heterocycles. The summed E-state index contributed by atoms with van der Waals surface area (Å²) in [5, 5.41) is 0. The van der Waals surface area contributed by atoms with Gasteiger partial charge in [0.15, 0.2) is 0 Å². The first-order valence-corrected chi connectivity index (χ1v) is 4.54. The van der Waals surface area contributed by atoms with Crippen molar-refractivity contribution >= 4 is 7.85 Å². The molecule has 5 heteroatoms. The van der Waals surface area contributed by atoms with E-state index in [0.29, 0.717) is 19.8 Å². The van der Waals surface area contributed by atoms with Gasteiger partial charge in [-0.1, -0.05) is 0 Å². The van der Waals surface area contributed by atoms with Gasteiger partial charge in [-0.2, -0.15) is 0 Å². The second-order valence-electron chi connectivity index (χ2n) is 3.14. The molecule has 0 aromatic rings. The molecule has 0 amide bonds. The van der Waals surface area contributed by atoms with E-state index in [0.717, 1.165) is 0 Å². The molecule has 0 unspecified atom stereocenters. The molecule has 1 rings (SSSR count). The topological polar surface area (TPSA) is 36.9 Å². The predicted molar refractivity (Wildman–Crippen MR) is 50.7 cm³/mol. The maximum Gasteiger partial charge on any atom is 0.142 e. The zero-order valence-corrected chi connectivity index (χ0v) is 8.49. The molecular weight excluding hydrogens is 171 g/mol. The first-order chi connectivity index (χ1) is 6.29. The van der Waals surface area contributed by atoms with Crippen molar-refractivity contribution in [3.05, 3.63) is 0 Å². The number of hydrogen-bond acceptors (Lipinski definition) is 4. The van der Waals surface area contributed by atoms with Crippen LogP contribution in [0, 0.1) is 0 Å². The molecule has 3 atom stereocenters. The van der Waals surface area contributed by atoms with Crippen molar-refractivity contribution in [3.63, 3.8) is 0 Å². The zero-order chi connectivity index (χ0) is 9.68. The molecule has 0 aromatic carbocycles. The van der Waals surface area contributed by atoms with Crippen LogP contribution >= 0.6 is 0 Å². The van der Waals surface area contributed by atoms with Crippen molar-refractivity contribution in [2.75, 3.05) is 34.0 Å². The van der Waals surface area contributed by atoms with Gasteiger partial charge in [0.2, 0.25) is 0 Å². The summed E-state index contributed by atoms with van der Waals surface area (Å²) in [6.45, 7) is 1.82. The van der Waals surface area contributed by atoms with E-state index in [2.05, 4.69) is 0 Å². The second kappa shape index (κ2) is 5.60. The van der Waals surface area contributed by atoms with E-state index in [1.54, 1.807) is 14.2 Å². The van der Waals surface area contributed by atoms with E-state index in [4.69, 9.17) is 18.9 Å². The molecule has 13 heavy (non-hydrogen) atoms. The van der Waals surface area contributed by atoms with Gasteiger partial charge in [0.05, 0.1) is 25.8 Å². The summed E-state index contributed by atoms with van der Waals surface area (Å²) in [6, 6.07) is 0.113. The highest BCUT2D eigenvalue weighted by atomic mass is 16.6. The normalized spacial score (nSPS) is 33.8. The lowest BCUT2D eigenvalue weighted by atomic mass is 9.93. The third-order valence-corrected chi connectivity index (χ3v) is 2.25. The van der Waals surface area contributed by atoms with E-state index in [9.17, 15) is 0 Å². The number of ether oxygens (including phenoxy) is 4. The van der Waals surface area contributed by atoms with Crippen LogP contribution in [0.1, 0.15) is 0 Å². The summed E-state index contributed by atoms with van der Waals surface area (Å²) >= 11 is 0. The highest BCUT2D eigenvalue weighted by molar-refractivity contribution is 6.11. The summed E-state index contributed by atoms with van der Waals surface area (Å²) in [5.74, 6) is 0. The average Bonchev–Trinajstić information content (AvgIpc) is 2.48. The Hall–Kier alpha value is -0.0951. The zero-order valence-electron chi connectivity index (χ0n) is 8.49. The van der Waals surface area contributed by atoms with Gasteiger partial charge in [-0.05, 0) is 0 Å². The minimum absolute atomic E-state index is 0.0418. The van der Waals surface area contributed by atoms with E-state index < -0.39 is 0 Å². The van der Waals surface area contributed by atoms with Gasteiger partial charge in [-0.15, -0.1) is 0 Å². The average molecular weight is 188 g/mol. The summed E-state index contributed by atoms with van der Waals surface area (Å²) in [5.41, 5.74) is 0. The van der Waals surface area contributed by atoms with Crippen LogP contribution < -0.4 is 0 Å². The van der Waals surface area contributed by atoms with E-state index in [-0.39, 0.29) is 18.2 Å². The van der Waals surface area contributed by atoms with Gasteiger partial charge in [-0.25, -0.2) is 0 Å². The van der Waals surface area contributed by atoms with Crippen molar-refractivity contribution in [1.82, 2.24) is 0 Å². The van der Waals surface area contributed by atoms with Gasteiger partial charge in [-0.3, -0.25) is 0 Å². The maximum absolute atomic E-state index is 5.58. The quantitative estimate of drug-likeness (QED) is 0.410. The Morgan fingerprint density at radius 3 is 2.77 bits per heavy atom. The predicted octanol–water partition coefficient (Wildman–Crippen LogP) is -0.978. The molecule has 4 nitrogen and oxygen atoms in total. The van der Waals surface area contributed by atoms with Crippen LogP contribution in [0.4, 0.5) is 0 Å². The molecule has 1 aliphatic heterocycles.